The fraction of sp³-hybridized carbons (Fsp3) is 0.308. The summed E-state index contributed by atoms with van der Waals surface area (Å²) in [6.45, 7) is 0. The number of unbranched alkanes of at least 4 members (excludes halogenated alkanes) is 1. The molecule has 3 heteroatoms. The number of rotatable bonds is 6. The Morgan fingerprint density at radius 1 is 0.862 bits per heavy atom. The van der Waals surface area contributed by atoms with Gasteiger partial charge in [0.05, 0.1) is 6.10 Å². The van der Waals surface area contributed by atoms with Gasteiger partial charge in [-0.1, -0.05) is 85.3 Å². The molecule has 1 aliphatic rings. The van der Waals surface area contributed by atoms with Gasteiger partial charge in [-0.2, -0.15) is 0 Å². The van der Waals surface area contributed by atoms with Gasteiger partial charge in [0.25, 0.3) is 0 Å². The first kappa shape index (κ1) is 19.7. The Hall–Kier alpha value is -2.62. The summed E-state index contributed by atoms with van der Waals surface area (Å²) < 4.78 is 6.32. The van der Waals surface area contributed by atoms with E-state index in [9.17, 15) is 5.11 Å². The zero-order chi connectivity index (χ0) is 20.1. The van der Waals surface area contributed by atoms with Crippen LogP contribution in [0.3, 0.4) is 0 Å². The van der Waals surface area contributed by atoms with E-state index in [1.807, 2.05) is 60.7 Å². The first-order chi connectivity index (χ1) is 14.2. The molecule has 0 bridgehead atoms. The van der Waals surface area contributed by atoms with E-state index in [4.69, 9.17) is 10.5 Å². The Labute approximate surface area is 173 Å². The van der Waals surface area contributed by atoms with Crippen LogP contribution >= 0.6 is 0 Å². The van der Waals surface area contributed by atoms with Crippen molar-refractivity contribution in [1.82, 2.24) is 0 Å². The second kappa shape index (κ2) is 8.81. The van der Waals surface area contributed by atoms with Crippen molar-refractivity contribution in [3.05, 3.63) is 102 Å². The van der Waals surface area contributed by atoms with Gasteiger partial charge in [0.1, 0.15) is 5.75 Å². The lowest BCUT2D eigenvalue weighted by atomic mass is 9.83. The summed E-state index contributed by atoms with van der Waals surface area (Å²) in [5.74, 6) is 0.720. The normalized spacial score (nSPS) is 23.7. The van der Waals surface area contributed by atoms with Crippen LogP contribution in [-0.4, -0.2) is 5.11 Å². The van der Waals surface area contributed by atoms with Gasteiger partial charge in [-0.15, -0.1) is 0 Å². The molecule has 1 heterocycles. The molecule has 0 saturated carbocycles. The molecule has 0 radical (unpaired) electrons. The molecule has 3 atom stereocenters. The minimum atomic E-state index is -0.945. The summed E-state index contributed by atoms with van der Waals surface area (Å²) in [5, 5.41) is 11.2. The number of fused-ring (bicyclic) bond motifs is 1. The van der Waals surface area contributed by atoms with Crippen molar-refractivity contribution in [2.75, 3.05) is 0 Å². The van der Waals surface area contributed by atoms with Crippen LogP contribution in [0.2, 0.25) is 0 Å². The quantitative estimate of drug-likeness (QED) is 0.561. The van der Waals surface area contributed by atoms with Gasteiger partial charge in [-0.3, -0.25) is 5.73 Å². The van der Waals surface area contributed by atoms with Crippen LogP contribution in [0.1, 0.15) is 48.5 Å². The molecule has 1 aliphatic heterocycles. The molecular weight excluding hydrogens is 358 g/mol. The van der Waals surface area contributed by atoms with E-state index in [0.717, 1.165) is 36.8 Å². The minimum Gasteiger partial charge on any atom is -0.468 e. The molecule has 3 nitrogen and oxygen atoms in total. The maximum atomic E-state index is 11.2. The third-order valence-corrected chi connectivity index (χ3v) is 5.94. The van der Waals surface area contributed by atoms with E-state index in [2.05, 4.69) is 24.3 Å². The Bertz CT molecular complexity index is 912. The van der Waals surface area contributed by atoms with Crippen LogP contribution < -0.4 is 10.5 Å². The molecule has 0 saturated heterocycles. The van der Waals surface area contributed by atoms with Crippen molar-refractivity contribution in [2.45, 2.75) is 43.9 Å². The van der Waals surface area contributed by atoms with Crippen LogP contribution in [0.5, 0.6) is 5.75 Å². The second-order valence-electron chi connectivity index (χ2n) is 8.04. The number of hydrogen-bond donors (Lipinski definition) is 2. The number of nitrogens with two attached hydrogens (primary N) is 1. The smallest absolute Gasteiger partial charge is 0.185 e. The monoisotopic (exact) mass is 387 g/mol. The zero-order valence-electron chi connectivity index (χ0n) is 16.7. The molecule has 29 heavy (non-hydrogen) atoms. The predicted molar refractivity (Wildman–Crippen MR) is 116 cm³/mol. The molecule has 0 amide bonds. The van der Waals surface area contributed by atoms with Crippen LogP contribution in [0.15, 0.2) is 84.9 Å². The standard InChI is InChI=1S/C26H29NO2/c27-26(22-15-5-2-6-16-22)19-21(14-8-7-13-20-11-3-1-4-12-20)25(28)23-17-9-10-18-24(23)29-26/h1-6,9-12,15-18,21,25,28H,7-8,13-14,19,27H2. The number of para-hydroxylation sites is 1. The predicted octanol–water partition coefficient (Wildman–Crippen LogP) is 5.34. The second-order valence-corrected chi connectivity index (χ2v) is 8.04. The van der Waals surface area contributed by atoms with Gasteiger partial charge >= 0.3 is 0 Å². The molecule has 3 aromatic carbocycles. The number of aliphatic hydroxyl groups excluding tert-OH is 1. The fourth-order valence-electron chi connectivity index (χ4n) is 4.35. The molecule has 3 N–H and O–H groups in total. The zero-order valence-corrected chi connectivity index (χ0v) is 16.7. The molecule has 3 aromatic rings. The highest BCUT2D eigenvalue weighted by Gasteiger charge is 2.40. The summed E-state index contributed by atoms with van der Waals surface area (Å²) in [6.07, 6.45) is 4.12. The van der Waals surface area contributed by atoms with Crippen molar-refractivity contribution in [1.29, 1.82) is 0 Å². The van der Waals surface area contributed by atoms with Gasteiger partial charge < -0.3 is 9.84 Å². The van der Waals surface area contributed by atoms with Crippen molar-refractivity contribution >= 4 is 0 Å². The topological polar surface area (TPSA) is 55.5 Å². The van der Waals surface area contributed by atoms with E-state index in [1.54, 1.807) is 0 Å². The van der Waals surface area contributed by atoms with Crippen LogP contribution in [0.4, 0.5) is 0 Å². The summed E-state index contributed by atoms with van der Waals surface area (Å²) in [5.41, 5.74) is 9.01. The Morgan fingerprint density at radius 2 is 1.52 bits per heavy atom. The lowest BCUT2D eigenvalue weighted by molar-refractivity contribution is 0.0251. The van der Waals surface area contributed by atoms with E-state index in [0.29, 0.717) is 12.2 Å². The highest BCUT2D eigenvalue weighted by Crippen LogP contribution is 2.44. The summed E-state index contributed by atoms with van der Waals surface area (Å²) in [6, 6.07) is 28.2. The number of aliphatic hydroxyl groups is 1. The molecule has 0 aromatic heterocycles. The average Bonchev–Trinajstić information content (AvgIpc) is 2.87. The fourth-order valence-corrected chi connectivity index (χ4v) is 4.35. The van der Waals surface area contributed by atoms with Gasteiger partial charge in [-0.25, -0.2) is 0 Å². The van der Waals surface area contributed by atoms with Crippen LogP contribution in [0.25, 0.3) is 0 Å². The van der Waals surface area contributed by atoms with Crippen molar-refractivity contribution in [3.63, 3.8) is 0 Å². The van der Waals surface area contributed by atoms with Crippen molar-refractivity contribution < 1.29 is 9.84 Å². The maximum absolute atomic E-state index is 11.2. The summed E-state index contributed by atoms with van der Waals surface area (Å²) in [4.78, 5) is 0. The molecule has 0 aliphatic carbocycles. The highest BCUT2D eigenvalue weighted by atomic mass is 16.5. The van der Waals surface area contributed by atoms with Gasteiger partial charge in [0, 0.05) is 17.5 Å². The first-order valence-corrected chi connectivity index (χ1v) is 10.5. The lowest BCUT2D eigenvalue weighted by Crippen LogP contribution is -2.44. The Morgan fingerprint density at radius 3 is 2.28 bits per heavy atom. The molecule has 0 spiro atoms. The molecular formula is C26H29NO2. The van der Waals surface area contributed by atoms with Gasteiger partial charge in [0.15, 0.2) is 5.72 Å². The summed E-state index contributed by atoms with van der Waals surface area (Å²) in [7, 11) is 0. The molecule has 3 unspecified atom stereocenters. The molecule has 0 fully saturated rings. The van der Waals surface area contributed by atoms with E-state index >= 15 is 0 Å². The minimum absolute atomic E-state index is 0.0413. The summed E-state index contributed by atoms with van der Waals surface area (Å²) >= 11 is 0. The van der Waals surface area contributed by atoms with Crippen LogP contribution in [-0.2, 0) is 12.1 Å². The van der Waals surface area contributed by atoms with E-state index in [-0.39, 0.29) is 5.92 Å². The SMILES string of the molecule is NC1(c2ccccc2)CC(CCCCc2ccccc2)C(O)c2ccccc2O1. The van der Waals surface area contributed by atoms with Gasteiger partial charge in [0.2, 0.25) is 0 Å². The number of aryl methyl sites for hydroxylation is 1. The number of hydrogen-bond acceptors (Lipinski definition) is 3. The number of ether oxygens (including phenoxy) is 1. The Balaban J connectivity index is 1.52. The molecule has 4 rings (SSSR count). The third kappa shape index (κ3) is 4.52. The Kier molecular flexibility index (Phi) is 5.98. The lowest BCUT2D eigenvalue weighted by Gasteiger charge is -2.32. The molecule has 150 valence electrons. The first-order valence-electron chi connectivity index (χ1n) is 10.5. The van der Waals surface area contributed by atoms with E-state index < -0.39 is 11.8 Å². The van der Waals surface area contributed by atoms with Crippen LogP contribution in [0, 0.1) is 5.92 Å². The number of benzene rings is 3. The largest absolute Gasteiger partial charge is 0.468 e. The van der Waals surface area contributed by atoms with E-state index in [1.165, 1.54) is 5.56 Å². The average molecular weight is 388 g/mol. The van der Waals surface area contributed by atoms with Crippen molar-refractivity contribution in [2.24, 2.45) is 11.7 Å². The maximum Gasteiger partial charge on any atom is 0.185 e. The van der Waals surface area contributed by atoms with Crippen molar-refractivity contribution in [3.8, 4) is 5.75 Å². The highest BCUT2D eigenvalue weighted by molar-refractivity contribution is 5.38. The van der Waals surface area contributed by atoms with Gasteiger partial charge in [-0.05, 0) is 36.8 Å². The third-order valence-electron chi connectivity index (χ3n) is 5.94.